The number of rotatable bonds is 5. The van der Waals surface area contributed by atoms with Crippen LogP contribution in [-0.2, 0) is 19.1 Å². The van der Waals surface area contributed by atoms with E-state index in [1.54, 1.807) is 7.11 Å². The molecule has 2 saturated heterocycles. The lowest BCUT2D eigenvalue weighted by Crippen LogP contribution is -2.57. The Bertz CT molecular complexity index is 520. The molecule has 2 fully saturated rings. The van der Waals surface area contributed by atoms with Gasteiger partial charge in [-0.3, -0.25) is 24.6 Å². The second-order valence-corrected chi connectivity index (χ2v) is 5.72. The van der Waals surface area contributed by atoms with Crippen molar-refractivity contribution in [1.82, 2.24) is 15.5 Å². The highest BCUT2D eigenvalue weighted by Gasteiger charge is 2.41. The lowest BCUT2D eigenvalue weighted by atomic mass is 9.86. The lowest BCUT2D eigenvalue weighted by molar-refractivity contribution is -0.135. The summed E-state index contributed by atoms with van der Waals surface area (Å²) in [4.78, 5) is 35.9. The minimum Gasteiger partial charge on any atom is -0.499 e. The minimum absolute atomic E-state index is 0.200. The van der Waals surface area contributed by atoms with Gasteiger partial charge in [-0.1, -0.05) is 0 Å². The molecular formula is C14H19N3O4. The Balaban J connectivity index is 1.53. The van der Waals surface area contributed by atoms with Crippen molar-refractivity contribution in [2.45, 2.75) is 31.3 Å². The van der Waals surface area contributed by atoms with E-state index in [0.29, 0.717) is 32.5 Å². The SMILES string of the molecule is COC1=C(CNC2CCC(=O)NC2=O)C[C@H]1N1CC(=O)C1. The van der Waals surface area contributed by atoms with Gasteiger partial charge in [-0.05, 0) is 18.4 Å². The highest BCUT2D eigenvalue weighted by atomic mass is 16.5. The molecule has 2 amide bonds. The number of nitrogens with one attached hydrogen (secondary N) is 2. The fourth-order valence-corrected chi connectivity index (χ4v) is 3.03. The van der Waals surface area contributed by atoms with Crippen LogP contribution in [0.25, 0.3) is 0 Å². The molecule has 1 aliphatic carbocycles. The number of ether oxygens (including phenoxy) is 1. The molecule has 0 aromatic carbocycles. The molecular weight excluding hydrogens is 274 g/mol. The zero-order chi connectivity index (χ0) is 15.0. The van der Waals surface area contributed by atoms with Gasteiger partial charge in [0.15, 0.2) is 5.78 Å². The summed E-state index contributed by atoms with van der Waals surface area (Å²) in [7, 11) is 1.63. The Hall–Kier alpha value is -1.73. The van der Waals surface area contributed by atoms with Crippen molar-refractivity contribution in [2.24, 2.45) is 0 Å². The number of imide groups is 1. The van der Waals surface area contributed by atoms with E-state index < -0.39 is 0 Å². The number of hydrogen-bond acceptors (Lipinski definition) is 6. The first kappa shape index (κ1) is 14.2. The van der Waals surface area contributed by atoms with Crippen molar-refractivity contribution >= 4 is 17.6 Å². The van der Waals surface area contributed by atoms with Crippen LogP contribution >= 0.6 is 0 Å². The maximum atomic E-state index is 11.7. The molecule has 0 spiro atoms. The van der Waals surface area contributed by atoms with Gasteiger partial charge in [0.05, 0.1) is 32.3 Å². The lowest BCUT2D eigenvalue weighted by Gasteiger charge is -2.44. The highest BCUT2D eigenvalue weighted by Crippen LogP contribution is 2.34. The van der Waals surface area contributed by atoms with Crippen molar-refractivity contribution in [3.63, 3.8) is 0 Å². The number of nitrogens with zero attached hydrogens (tertiary/aromatic N) is 1. The van der Waals surface area contributed by atoms with Gasteiger partial charge in [0, 0.05) is 13.0 Å². The van der Waals surface area contributed by atoms with Gasteiger partial charge in [0.2, 0.25) is 11.8 Å². The Morgan fingerprint density at radius 2 is 2.10 bits per heavy atom. The van der Waals surface area contributed by atoms with E-state index in [0.717, 1.165) is 17.8 Å². The number of Topliss-reactive ketones (excluding diaryl/α,β-unsaturated/α-hetero) is 1. The van der Waals surface area contributed by atoms with E-state index in [2.05, 4.69) is 15.5 Å². The fourth-order valence-electron chi connectivity index (χ4n) is 3.03. The second-order valence-electron chi connectivity index (χ2n) is 5.72. The van der Waals surface area contributed by atoms with Crippen molar-refractivity contribution in [3.8, 4) is 0 Å². The first-order chi connectivity index (χ1) is 10.1. The average Bonchev–Trinajstić information content (AvgIpc) is 2.37. The Morgan fingerprint density at radius 3 is 2.71 bits per heavy atom. The molecule has 0 aromatic heterocycles. The molecule has 1 unspecified atom stereocenters. The van der Waals surface area contributed by atoms with Crippen molar-refractivity contribution in [1.29, 1.82) is 0 Å². The van der Waals surface area contributed by atoms with Crippen LogP contribution in [0.3, 0.4) is 0 Å². The third-order valence-electron chi connectivity index (χ3n) is 4.31. The highest BCUT2D eigenvalue weighted by molar-refractivity contribution is 6.00. The van der Waals surface area contributed by atoms with Crippen LogP contribution in [0.5, 0.6) is 0 Å². The van der Waals surface area contributed by atoms with Crippen LogP contribution in [0.4, 0.5) is 0 Å². The van der Waals surface area contributed by atoms with Crippen molar-refractivity contribution in [3.05, 3.63) is 11.3 Å². The Morgan fingerprint density at radius 1 is 1.33 bits per heavy atom. The fraction of sp³-hybridized carbons (Fsp3) is 0.643. The van der Waals surface area contributed by atoms with Gasteiger partial charge in [0.25, 0.3) is 0 Å². The summed E-state index contributed by atoms with van der Waals surface area (Å²) in [5.41, 5.74) is 1.13. The number of piperidine rings is 1. The monoisotopic (exact) mass is 293 g/mol. The summed E-state index contributed by atoms with van der Waals surface area (Å²) in [5, 5.41) is 5.51. The number of hydrogen-bond donors (Lipinski definition) is 2. The zero-order valence-corrected chi connectivity index (χ0v) is 12.0. The molecule has 3 aliphatic rings. The maximum absolute atomic E-state index is 11.7. The Kier molecular flexibility index (Phi) is 3.77. The quantitative estimate of drug-likeness (QED) is 0.628. The summed E-state index contributed by atoms with van der Waals surface area (Å²) in [6.07, 6.45) is 1.76. The number of carbonyl (C=O) groups excluding carboxylic acids is 3. The maximum Gasteiger partial charge on any atom is 0.243 e. The van der Waals surface area contributed by atoms with Gasteiger partial charge in [-0.2, -0.15) is 0 Å². The molecule has 2 aliphatic heterocycles. The summed E-state index contributed by atoms with van der Waals surface area (Å²) >= 11 is 0. The Labute approximate surface area is 122 Å². The van der Waals surface area contributed by atoms with Crippen LogP contribution in [0, 0.1) is 0 Å². The standard InChI is InChI=1S/C14H19N3O4/c1-21-13-8(4-11(13)17-6-9(18)7-17)5-15-10-2-3-12(19)16-14(10)20/h10-11,15H,2-7H2,1H3,(H,16,19,20)/t10?,11-/m1/s1. The van der Waals surface area contributed by atoms with Crippen LogP contribution in [0.2, 0.25) is 0 Å². The minimum atomic E-state index is -0.321. The second kappa shape index (κ2) is 5.57. The normalized spacial score (nSPS) is 29.9. The van der Waals surface area contributed by atoms with E-state index in [-0.39, 0.29) is 29.7 Å². The molecule has 0 radical (unpaired) electrons. The summed E-state index contributed by atoms with van der Waals surface area (Å²) < 4.78 is 5.42. The third kappa shape index (κ3) is 2.71. The van der Waals surface area contributed by atoms with Crippen LogP contribution in [0.15, 0.2) is 11.3 Å². The first-order valence-electron chi connectivity index (χ1n) is 7.17. The number of amides is 2. The average molecular weight is 293 g/mol. The van der Waals surface area contributed by atoms with Crippen molar-refractivity contribution < 1.29 is 19.1 Å². The smallest absolute Gasteiger partial charge is 0.243 e. The molecule has 7 nitrogen and oxygen atoms in total. The van der Waals surface area contributed by atoms with Gasteiger partial charge >= 0.3 is 0 Å². The van der Waals surface area contributed by atoms with Gasteiger partial charge in [0.1, 0.15) is 5.76 Å². The molecule has 0 aromatic rings. The summed E-state index contributed by atoms with van der Waals surface area (Å²) in [6.45, 7) is 1.59. The van der Waals surface area contributed by atoms with Gasteiger partial charge < -0.3 is 10.1 Å². The molecule has 2 atom stereocenters. The molecule has 114 valence electrons. The van der Waals surface area contributed by atoms with E-state index in [9.17, 15) is 14.4 Å². The van der Waals surface area contributed by atoms with Gasteiger partial charge in [-0.25, -0.2) is 0 Å². The third-order valence-corrected chi connectivity index (χ3v) is 4.31. The molecule has 0 bridgehead atoms. The van der Waals surface area contributed by atoms with Gasteiger partial charge in [-0.15, -0.1) is 0 Å². The number of carbonyl (C=O) groups is 3. The first-order valence-corrected chi connectivity index (χ1v) is 7.17. The number of methoxy groups -OCH3 is 1. The molecule has 7 heteroatoms. The molecule has 21 heavy (non-hydrogen) atoms. The number of ketones is 1. The molecule has 2 N–H and O–H groups in total. The van der Waals surface area contributed by atoms with E-state index in [4.69, 9.17) is 4.74 Å². The zero-order valence-electron chi connectivity index (χ0n) is 12.0. The van der Waals surface area contributed by atoms with E-state index in [1.807, 2.05) is 0 Å². The largest absolute Gasteiger partial charge is 0.499 e. The molecule has 3 rings (SSSR count). The van der Waals surface area contributed by atoms with Crippen LogP contribution in [-0.4, -0.2) is 61.3 Å². The topological polar surface area (TPSA) is 87.7 Å². The molecule has 0 saturated carbocycles. The molecule has 2 heterocycles. The summed E-state index contributed by atoms with van der Waals surface area (Å²) in [5.74, 6) is 0.707. The van der Waals surface area contributed by atoms with Crippen molar-refractivity contribution in [2.75, 3.05) is 26.7 Å². The number of likely N-dealkylation sites (tertiary alicyclic amines) is 1. The summed E-state index contributed by atoms with van der Waals surface area (Å²) in [6, 6.07) is -0.121. The predicted molar refractivity (Wildman–Crippen MR) is 73.2 cm³/mol. The van der Waals surface area contributed by atoms with Crippen LogP contribution in [0.1, 0.15) is 19.3 Å². The predicted octanol–water partition coefficient (Wildman–Crippen LogP) is -1.06. The van der Waals surface area contributed by atoms with Crippen LogP contribution < -0.4 is 10.6 Å². The van der Waals surface area contributed by atoms with E-state index >= 15 is 0 Å². The van der Waals surface area contributed by atoms with E-state index in [1.165, 1.54) is 0 Å².